The Kier molecular flexibility index (Phi) is 4.27. The first-order chi connectivity index (χ1) is 9.35. The lowest BCUT2D eigenvalue weighted by Crippen LogP contribution is -2.16. The maximum absolute atomic E-state index is 14.0. The highest BCUT2D eigenvalue weighted by molar-refractivity contribution is 6.83. The fourth-order valence-corrected chi connectivity index (χ4v) is 2.20. The van der Waals surface area contributed by atoms with E-state index in [0.29, 0.717) is 5.02 Å². The van der Waals surface area contributed by atoms with Crippen LogP contribution in [0.25, 0.3) is 11.1 Å². The zero-order chi connectivity index (χ0) is 14.8. The summed E-state index contributed by atoms with van der Waals surface area (Å²) in [6.07, 6.45) is 1.64. The first-order valence-corrected chi connectivity index (χ1v) is 10.2. The molecule has 0 aliphatic rings. The van der Waals surface area contributed by atoms with Crippen molar-refractivity contribution in [1.29, 1.82) is 0 Å². The summed E-state index contributed by atoms with van der Waals surface area (Å²) in [7, 11) is -1.53. The number of rotatable bonds is 1. The third-order valence-electron chi connectivity index (χ3n) is 2.57. The van der Waals surface area contributed by atoms with E-state index in [0.717, 1.165) is 11.1 Å². The molecule has 0 N–H and O–H groups in total. The highest BCUT2D eigenvalue weighted by atomic mass is 35.5. The van der Waals surface area contributed by atoms with Gasteiger partial charge in [-0.15, -0.1) is 5.54 Å². The third kappa shape index (κ3) is 3.93. The van der Waals surface area contributed by atoms with Gasteiger partial charge in [0.1, 0.15) is 13.8 Å². The molecule has 0 aliphatic carbocycles. The number of nitrogens with zero attached hydrogens (tertiary/aromatic N) is 1. The molecule has 1 nitrogen and oxygen atoms in total. The van der Waals surface area contributed by atoms with Crippen molar-refractivity contribution in [3.05, 3.63) is 53.1 Å². The van der Waals surface area contributed by atoms with Gasteiger partial charge in [0.15, 0.2) is 5.82 Å². The Morgan fingerprint density at radius 1 is 1.10 bits per heavy atom. The highest BCUT2D eigenvalue weighted by Gasteiger charge is 2.09. The summed E-state index contributed by atoms with van der Waals surface area (Å²) >= 11 is 5.84. The molecule has 4 heteroatoms. The zero-order valence-corrected chi connectivity index (χ0v) is 13.4. The Bertz CT molecular complexity index is 678. The predicted octanol–water partition coefficient (Wildman–Crippen LogP) is 4.77. The Morgan fingerprint density at radius 3 is 2.30 bits per heavy atom. The smallest absolute Gasteiger partial charge is 0.158 e. The van der Waals surface area contributed by atoms with E-state index in [1.54, 1.807) is 18.3 Å². The molecular weight excluding hydrogens is 289 g/mol. The van der Waals surface area contributed by atoms with Crippen molar-refractivity contribution in [3.8, 4) is 22.6 Å². The minimum atomic E-state index is -1.53. The summed E-state index contributed by atoms with van der Waals surface area (Å²) < 4.78 is 14.0. The molecule has 0 bridgehead atoms. The number of hydrogen-bond donors (Lipinski definition) is 0. The summed E-state index contributed by atoms with van der Waals surface area (Å²) in [6, 6.07) is 8.68. The Hall–Kier alpha value is -1.63. The van der Waals surface area contributed by atoms with Crippen molar-refractivity contribution in [1.82, 2.24) is 4.98 Å². The molecule has 0 fully saturated rings. The fraction of sp³-hybridized carbons (Fsp3) is 0.188. The lowest BCUT2D eigenvalue weighted by atomic mass is 10.1. The van der Waals surface area contributed by atoms with Crippen LogP contribution in [0.15, 0.2) is 36.5 Å². The SMILES string of the molecule is C[Si](C)(C)C#Cc1ncc(-c2ccc(Cl)cc2)cc1F. The second-order valence-corrected chi connectivity index (χ2v) is 10.7. The normalized spacial score (nSPS) is 10.8. The van der Waals surface area contributed by atoms with E-state index in [2.05, 4.69) is 36.1 Å². The van der Waals surface area contributed by atoms with Gasteiger partial charge in [-0.2, -0.15) is 0 Å². The molecule has 0 unspecified atom stereocenters. The summed E-state index contributed by atoms with van der Waals surface area (Å²) in [5, 5.41) is 0.653. The van der Waals surface area contributed by atoms with Crippen LogP contribution < -0.4 is 0 Å². The molecule has 0 spiro atoms. The van der Waals surface area contributed by atoms with Crippen LogP contribution >= 0.6 is 11.6 Å². The van der Waals surface area contributed by atoms with E-state index >= 15 is 0 Å². The second kappa shape index (κ2) is 5.78. The van der Waals surface area contributed by atoms with Gasteiger partial charge in [0.2, 0.25) is 0 Å². The summed E-state index contributed by atoms with van der Waals surface area (Å²) in [5.41, 5.74) is 4.93. The first-order valence-electron chi connectivity index (χ1n) is 6.30. The maximum Gasteiger partial charge on any atom is 0.158 e. The predicted molar refractivity (Wildman–Crippen MR) is 84.9 cm³/mol. The van der Waals surface area contributed by atoms with Gasteiger partial charge in [-0.05, 0) is 23.8 Å². The van der Waals surface area contributed by atoms with E-state index in [1.165, 1.54) is 6.07 Å². The van der Waals surface area contributed by atoms with Crippen LogP contribution in [0.4, 0.5) is 4.39 Å². The van der Waals surface area contributed by atoms with Gasteiger partial charge in [-0.3, -0.25) is 0 Å². The van der Waals surface area contributed by atoms with Crippen LogP contribution in [0.1, 0.15) is 5.69 Å². The minimum absolute atomic E-state index is 0.213. The van der Waals surface area contributed by atoms with Crippen LogP contribution in [0.5, 0.6) is 0 Å². The summed E-state index contributed by atoms with van der Waals surface area (Å²) in [4.78, 5) is 4.12. The molecule has 1 aromatic heterocycles. The van der Waals surface area contributed by atoms with Gasteiger partial charge >= 0.3 is 0 Å². The fourth-order valence-electron chi connectivity index (χ4n) is 1.58. The highest BCUT2D eigenvalue weighted by Crippen LogP contribution is 2.22. The summed E-state index contributed by atoms with van der Waals surface area (Å²) in [6.45, 7) is 6.33. The van der Waals surface area contributed by atoms with Crippen molar-refractivity contribution < 1.29 is 4.39 Å². The monoisotopic (exact) mass is 303 g/mol. The van der Waals surface area contributed by atoms with Gasteiger partial charge in [0.05, 0.1) is 0 Å². The van der Waals surface area contributed by atoms with E-state index in [9.17, 15) is 4.39 Å². The third-order valence-corrected chi connectivity index (χ3v) is 3.70. The molecule has 0 atom stereocenters. The van der Waals surface area contributed by atoms with Gasteiger partial charge in [-0.1, -0.05) is 49.3 Å². The number of aromatic nitrogens is 1. The number of pyridine rings is 1. The van der Waals surface area contributed by atoms with Crippen molar-refractivity contribution in [2.75, 3.05) is 0 Å². The average Bonchev–Trinajstić information content (AvgIpc) is 2.37. The quantitative estimate of drug-likeness (QED) is 0.546. The van der Waals surface area contributed by atoms with Gasteiger partial charge in [0, 0.05) is 16.8 Å². The number of hydrogen-bond acceptors (Lipinski definition) is 1. The van der Waals surface area contributed by atoms with Crippen molar-refractivity contribution in [2.45, 2.75) is 19.6 Å². The van der Waals surface area contributed by atoms with Crippen LogP contribution in [-0.2, 0) is 0 Å². The van der Waals surface area contributed by atoms with Crippen molar-refractivity contribution in [3.63, 3.8) is 0 Å². The van der Waals surface area contributed by atoms with E-state index in [-0.39, 0.29) is 11.5 Å². The van der Waals surface area contributed by atoms with Gasteiger partial charge in [-0.25, -0.2) is 9.37 Å². The molecule has 2 aromatic rings. The largest absolute Gasteiger partial charge is 0.244 e. The molecule has 0 saturated carbocycles. The molecule has 1 aromatic carbocycles. The van der Waals surface area contributed by atoms with Crippen LogP contribution in [0.2, 0.25) is 24.7 Å². The van der Waals surface area contributed by atoms with Crippen LogP contribution in [0, 0.1) is 17.3 Å². The Labute approximate surface area is 124 Å². The van der Waals surface area contributed by atoms with Crippen LogP contribution in [-0.4, -0.2) is 13.1 Å². The van der Waals surface area contributed by atoms with E-state index in [4.69, 9.17) is 11.6 Å². The molecule has 102 valence electrons. The van der Waals surface area contributed by atoms with Crippen molar-refractivity contribution >= 4 is 19.7 Å². The topological polar surface area (TPSA) is 12.9 Å². The zero-order valence-electron chi connectivity index (χ0n) is 11.7. The first kappa shape index (κ1) is 14.8. The Morgan fingerprint density at radius 2 is 1.75 bits per heavy atom. The molecule has 0 aliphatic heterocycles. The standard InChI is InChI=1S/C16H15ClFNSi/c1-20(2,3)9-8-16-15(18)10-13(11-19-16)12-4-6-14(17)7-5-12/h4-7,10-11H,1-3H3. The molecule has 0 radical (unpaired) electrons. The number of halogens is 2. The van der Waals surface area contributed by atoms with Gasteiger partial charge < -0.3 is 0 Å². The summed E-state index contributed by atoms with van der Waals surface area (Å²) in [5.74, 6) is 2.46. The molecule has 0 saturated heterocycles. The molecule has 20 heavy (non-hydrogen) atoms. The van der Waals surface area contributed by atoms with Crippen LogP contribution in [0.3, 0.4) is 0 Å². The van der Waals surface area contributed by atoms with Crippen molar-refractivity contribution in [2.24, 2.45) is 0 Å². The lowest BCUT2D eigenvalue weighted by molar-refractivity contribution is 0.618. The molecular formula is C16H15ClFNSi. The Balaban J connectivity index is 2.34. The second-order valence-electron chi connectivity index (χ2n) is 5.56. The minimum Gasteiger partial charge on any atom is -0.244 e. The van der Waals surface area contributed by atoms with E-state index in [1.807, 2.05) is 12.1 Å². The molecule has 1 heterocycles. The van der Waals surface area contributed by atoms with Gasteiger partial charge in [0.25, 0.3) is 0 Å². The molecule has 2 rings (SSSR count). The van der Waals surface area contributed by atoms with E-state index < -0.39 is 8.07 Å². The molecule has 0 amide bonds. The average molecular weight is 304 g/mol. The lowest BCUT2D eigenvalue weighted by Gasteiger charge is -2.05. The maximum atomic E-state index is 14.0. The number of benzene rings is 1.